The molecule has 8 rings (SSSR count). The number of carbonyl (C=O) groups is 1. The Kier molecular flexibility index (Phi) is 11.2. The summed E-state index contributed by atoms with van der Waals surface area (Å²) < 4.78 is 12.3. The van der Waals surface area contributed by atoms with Gasteiger partial charge in [0.05, 0.1) is 26.3 Å². The van der Waals surface area contributed by atoms with Crippen LogP contribution < -0.4 is 14.8 Å². The van der Waals surface area contributed by atoms with Crippen molar-refractivity contribution in [3.8, 4) is 45.3 Å². The van der Waals surface area contributed by atoms with Crippen LogP contribution in [-0.2, 0) is 17.9 Å². The highest BCUT2D eigenvalue weighted by atomic mass is 16.5. The molecule has 4 heterocycles. The molecule has 9 heteroatoms. The number of hydrogen-bond donors (Lipinski definition) is 3. The molecule has 2 fully saturated rings. The number of carbonyl (C=O) groups excluding carboxylic acids is 1. The Balaban J connectivity index is 0.000000174. The lowest BCUT2D eigenvalue weighted by molar-refractivity contribution is -0.125. The average molecular weight is 687 g/mol. The van der Waals surface area contributed by atoms with E-state index in [0.29, 0.717) is 38.1 Å². The Morgan fingerprint density at radius 2 is 1.31 bits per heavy atom. The number of aromatic hydroxyl groups is 2. The third-order valence-corrected chi connectivity index (χ3v) is 9.70. The summed E-state index contributed by atoms with van der Waals surface area (Å²) in [5.74, 6) is 3.16. The van der Waals surface area contributed by atoms with Crippen molar-refractivity contribution in [2.45, 2.75) is 33.4 Å². The van der Waals surface area contributed by atoms with Crippen LogP contribution in [0.1, 0.15) is 42.5 Å². The zero-order valence-electron chi connectivity index (χ0n) is 28.1. The number of fused-ring (bicyclic) bond motifs is 2. The lowest BCUT2D eigenvalue weighted by Gasteiger charge is -2.17. The fourth-order valence-corrected chi connectivity index (χ4v) is 6.84. The van der Waals surface area contributed by atoms with E-state index in [1.54, 1.807) is 24.3 Å². The van der Waals surface area contributed by atoms with Crippen molar-refractivity contribution in [1.29, 1.82) is 0 Å². The Bertz CT molecular complexity index is 1910. The SMILES string of the molecule is C.C=CC(=O)N1CC[C@H](COc2cc(-c3ccc(O)cc3)cc3c2C=NC3)C1.Oc1ccc(-c2cc3c(c(OC[C@H]4CCNC4)c2)C=NC3)cc1. The standard InChI is InChI=1S/C22H22N2O3.C19H20N2O2.CH4/c1-2-22(26)24-8-7-15(13-24)14-27-21-10-17(9-18-11-23-12-20(18)21)16-3-5-19(25)6-4-16;22-17-3-1-14(2-4-17)15-7-16-10-21-11-18(16)19(8-15)23-12-13-5-6-20-9-13;/h2-6,9-10,12,15,25H,1,7-8,11,13-14H2;1-4,7-8,11,13,20,22H,5-6,9-10,12H2;1H4/t15-;13-;/m00./s1. The summed E-state index contributed by atoms with van der Waals surface area (Å²) in [4.78, 5) is 22.3. The highest BCUT2D eigenvalue weighted by molar-refractivity contribution is 5.91. The molecule has 9 nitrogen and oxygen atoms in total. The molecule has 0 bridgehead atoms. The first kappa shape index (κ1) is 35.4. The molecule has 264 valence electrons. The van der Waals surface area contributed by atoms with E-state index in [4.69, 9.17) is 9.47 Å². The average Bonchev–Trinajstić information content (AvgIpc) is 3.98. The van der Waals surface area contributed by atoms with Gasteiger partial charge in [-0.3, -0.25) is 14.8 Å². The predicted molar refractivity (Wildman–Crippen MR) is 203 cm³/mol. The molecule has 4 aromatic rings. The second-order valence-corrected chi connectivity index (χ2v) is 13.3. The van der Waals surface area contributed by atoms with Crippen molar-refractivity contribution in [2.24, 2.45) is 21.8 Å². The van der Waals surface area contributed by atoms with Gasteiger partial charge in [0.15, 0.2) is 0 Å². The Hall–Kier alpha value is -5.41. The lowest BCUT2D eigenvalue weighted by atomic mass is 9.99. The lowest BCUT2D eigenvalue weighted by Crippen LogP contribution is -2.27. The first-order chi connectivity index (χ1) is 24.4. The number of rotatable bonds is 9. The molecule has 51 heavy (non-hydrogen) atoms. The number of benzene rings is 4. The number of hydrogen-bond acceptors (Lipinski definition) is 8. The molecule has 0 aliphatic carbocycles. The van der Waals surface area contributed by atoms with Crippen LogP contribution >= 0.6 is 0 Å². The monoisotopic (exact) mass is 686 g/mol. The van der Waals surface area contributed by atoms with Gasteiger partial charge < -0.3 is 29.9 Å². The molecule has 0 saturated carbocycles. The second-order valence-electron chi connectivity index (χ2n) is 13.3. The molecule has 4 aromatic carbocycles. The van der Waals surface area contributed by atoms with Gasteiger partial charge in [0.1, 0.15) is 23.0 Å². The molecule has 2 atom stereocenters. The molecular formula is C42H46N4O5. The molecule has 2 saturated heterocycles. The Morgan fingerprint density at radius 1 is 0.784 bits per heavy atom. The van der Waals surface area contributed by atoms with Gasteiger partial charge in [0.2, 0.25) is 5.91 Å². The summed E-state index contributed by atoms with van der Waals surface area (Å²) in [6, 6.07) is 22.9. The highest BCUT2D eigenvalue weighted by Gasteiger charge is 2.26. The van der Waals surface area contributed by atoms with Gasteiger partial charge in [-0.05, 0) is 107 Å². The van der Waals surface area contributed by atoms with E-state index in [1.807, 2.05) is 47.7 Å². The first-order valence-corrected chi connectivity index (χ1v) is 17.2. The van der Waals surface area contributed by atoms with Crippen molar-refractivity contribution in [3.63, 3.8) is 0 Å². The fourth-order valence-electron chi connectivity index (χ4n) is 6.84. The van der Waals surface area contributed by atoms with Gasteiger partial charge in [-0.2, -0.15) is 0 Å². The van der Waals surface area contributed by atoms with E-state index in [2.05, 4.69) is 40.1 Å². The van der Waals surface area contributed by atoms with Crippen LogP contribution in [0.3, 0.4) is 0 Å². The highest BCUT2D eigenvalue weighted by Crippen LogP contribution is 2.35. The van der Waals surface area contributed by atoms with Crippen LogP contribution in [-0.4, -0.2) is 72.8 Å². The molecule has 0 radical (unpaired) electrons. The third kappa shape index (κ3) is 8.32. The van der Waals surface area contributed by atoms with Crippen LogP contribution in [0.4, 0.5) is 0 Å². The molecule has 1 amide bonds. The molecule has 4 aliphatic rings. The van der Waals surface area contributed by atoms with Gasteiger partial charge in [0.25, 0.3) is 0 Å². The van der Waals surface area contributed by atoms with E-state index in [1.165, 1.54) is 18.1 Å². The van der Waals surface area contributed by atoms with E-state index < -0.39 is 0 Å². The summed E-state index contributed by atoms with van der Waals surface area (Å²) in [5.41, 5.74) is 8.74. The van der Waals surface area contributed by atoms with Gasteiger partial charge in [-0.1, -0.05) is 38.3 Å². The van der Waals surface area contributed by atoms with Crippen LogP contribution in [0.15, 0.2) is 95.4 Å². The summed E-state index contributed by atoms with van der Waals surface area (Å²) in [6.07, 6.45) is 7.26. The maximum absolute atomic E-state index is 11.7. The number of phenolic OH excluding ortho intramolecular Hbond substituents is 2. The van der Waals surface area contributed by atoms with Gasteiger partial charge in [-0.15, -0.1) is 0 Å². The van der Waals surface area contributed by atoms with Crippen molar-refractivity contribution in [3.05, 3.63) is 108 Å². The summed E-state index contributed by atoms with van der Waals surface area (Å²) >= 11 is 0. The molecule has 0 unspecified atom stereocenters. The van der Waals surface area contributed by atoms with Crippen LogP contribution in [0.25, 0.3) is 22.3 Å². The number of aliphatic imine (C=N–C) groups is 2. The first-order valence-electron chi connectivity index (χ1n) is 17.2. The largest absolute Gasteiger partial charge is 0.508 e. The van der Waals surface area contributed by atoms with Crippen molar-refractivity contribution < 1.29 is 24.5 Å². The number of ether oxygens (including phenoxy) is 2. The quantitative estimate of drug-likeness (QED) is 0.163. The zero-order chi connectivity index (χ0) is 34.5. The summed E-state index contributed by atoms with van der Waals surface area (Å²) in [6.45, 7) is 9.82. The van der Waals surface area contributed by atoms with Crippen molar-refractivity contribution in [2.75, 3.05) is 39.4 Å². The molecule has 0 spiro atoms. The summed E-state index contributed by atoms with van der Waals surface area (Å²) in [7, 11) is 0. The summed E-state index contributed by atoms with van der Waals surface area (Å²) in [5, 5.41) is 22.4. The van der Waals surface area contributed by atoms with Crippen LogP contribution in [0, 0.1) is 11.8 Å². The van der Waals surface area contributed by atoms with E-state index >= 15 is 0 Å². The maximum atomic E-state index is 11.7. The van der Waals surface area contributed by atoms with Gasteiger partial charge >= 0.3 is 0 Å². The van der Waals surface area contributed by atoms with E-state index in [-0.39, 0.29) is 24.8 Å². The van der Waals surface area contributed by atoms with Crippen molar-refractivity contribution in [1.82, 2.24) is 10.2 Å². The topological polar surface area (TPSA) is 116 Å². The number of phenols is 2. The predicted octanol–water partition coefficient (Wildman–Crippen LogP) is 7.02. The second kappa shape index (κ2) is 16.1. The number of amides is 1. The number of nitrogens with one attached hydrogen (secondary N) is 1. The molecular weight excluding hydrogens is 640 g/mol. The van der Waals surface area contributed by atoms with Crippen LogP contribution in [0.2, 0.25) is 0 Å². The molecule has 0 aromatic heterocycles. The minimum Gasteiger partial charge on any atom is -0.508 e. The molecule has 3 N–H and O–H groups in total. The number of likely N-dealkylation sites (tertiary alicyclic amines) is 1. The number of nitrogens with zero attached hydrogens (tertiary/aromatic N) is 3. The van der Waals surface area contributed by atoms with Gasteiger partial charge in [0, 0.05) is 55.0 Å². The van der Waals surface area contributed by atoms with Crippen LogP contribution in [0.5, 0.6) is 23.0 Å². The molecule has 4 aliphatic heterocycles. The van der Waals surface area contributed by atoms with E-state index in [0.717, 1.165) is 83.1 Å². The Labute approximate surface area is 300 Å². The Morgan fingerprint density at radius 3 is 1.80 bits per heavy atom. The van der Waals surface area contributed by atoms with Crippen molar-refractivity contribution >= 4 is 18.3 Å². The minimum absolute atomic E-state index is 0. The maximum Gasteiger partial charge on any atom is 0.245 e. The van der Waals surface area contributed by atoms with E-state index in [9.17, 15) is 15.0 Å². The minimum atomic E-state index is -0.0140. The third-order valence-electron chi connectivity index (χ3n) is 9.70. The fraction of sp³-hybridized carbons (Fsp3) is 0.310. The van der Waals surface area contributed by atoms with Gasteiger partial charge in [-0.25, -0.2) is 0 Å². The smallest absolute Gasteiger partial charge is 0.245 e. The normalized spacial score (nSPS) is 18.0. The zero-order valence-corrected chi connectivity index (χ0v) is 28.1.